The van der Waals surface area contributed by atoms with Gasteiger partial charge in [0, 0.05) is 5.02 Å². The van der Waals surface area contributed by atoms with Gasteiger partial charge < -0.3 is 0 Å². The van der Waals surface area contributed by atoms with E-state index in [1.165, 1.54) is 0 Å². The lowest BCUT2D eigenvalue weighted by Crippen LogP contribution is -1.86. The van der Waals surface area contributed by atoms with Crippen molar-refractivity contribution in [3.8, 4) is 0 Å². The number of nitroso groups, excluding NO2 is 1. The van der Waals surface area contributed by atoms with Gasteiger partial charge in [-0.05, 0) is 24.1 Å². The van der Waals surface area contributed by atoms with Gasteiger partial charge in [0.15, 0.2) is 0 Å². The molecule has 1 aromatic rings. The summed E-state index contributed by atoms with van der Waals surface area (Å²) in [7, 11) is 0. The molecule has 0 bridgehead atoms. The maximum Gasteiger partial charge on any atom is 0.0851 e. The molecule has 58 valence electrons. The number of nitrogens with zero attached hydrogens (tertiary/aromatic N) is 1. The zero-order valence-corrected chi connectivity index (χ0v) is 6.71. The standard InChI is InChI=1S/C8H8ClNO/c9-8-3-1-7(2-4-8)5-6-10-11/h1-4H,5-6H2. The first-order chi connectivity index (χ1) is 5.33. The summed E-state index contributed by atoms with van der Waals surface area (Å²) >= 11 is 5.66. The van der Waals surface area contributed by atoms with E-state index in [4.69, 9.17) is 11.6 Å². The van der Waals surface area contributed by atoms with E-state index in [0.717, 1.165) is 5.56 Å². The van der Waals surface area contributed by atoms with Gasteiger partial charge in [0.25, 0.3) is 0 Å². The van der Waals surface area contributed by atoms with Crippen molar-refractivity contribution in [1.82, 2.24) is 0 Å². The van der Waals surface area contributed by atoms with Gasteiger partial charge in [-0.2, -0.15) is 4.91 Å². The highest BCUT2D eigenvalue weighted by Gasteiger charge is 1.91. The highest BCUT2D eigenvalue weighted by molar-refractivity contribution is 6.30. The summed E-state index contributed by atoms with van der Waals surface area (Å²) in [5, 5.41) is 3.49. The van der Waals surface area contributed by atoms with Crippen LogP contribution in [0.5, 0.6) is 0 Å². The maximum atomic E-state index is 9.77. The minimum Gasteiger partial charge on any atom is -0.151 e. The molecule has 0 saturated carbocycles. The number of benzene rings is 1. The van der Waals surface area contributed by atoms with Crippen molar-refractivity contribution in [1.29, 1.82) is 0 Å². The van der Waals surface area contributed by atoms with Gasteiger partial charge >= 0.3 is 0 Å². The SMILES string of the molecule is O=NCCc1ccc(Cl)cc1. The summed E-state index contributed by atoms with van der Waals surface area (Å²) in [6, 6.07) is 7.41. The Labute approximate surface area is 70.2 Å². The topological polar surface area (TPSA) is 29.4 Å². The fourth-order valence-electron chi connectivity index (χ4n) is 0.826. The predicted molar refractivity (Wildman–Crippen MR) is 45.8 cm³/mol. The van der Waals surface area contributed by atoms with Crippen molar-refractivity contribution in [3.63, 3.8) is 0 Å². The fourth-order valence-corrected chi connectivity index (χ4v) is 0.952. The van der Waals surface area contributed by atoms with Crippen molar-refractivity contribution in [2.24, 2.45) is 5.18 Å². The second kappa shape index (κ2) is 4.09. The molecule has 0 N–H and O–H groups in total. The molecule has 0 atom stereocenters. The lowest BCUT2D eigenvalue weighted by Gasteiger charge is -1.95. The van der Waals surface area contributed by atoms with Crippen LogP contribution in [0.1, 0.15) is 5.56 Å². The lowest BCUT2D eigenvalue weighted by molar-refractivity contribution is 0.960. The van der Waals surface area contributed by atoms with Crippen molar-refractivity contribution >= 4 is 11.6 Å². The highest BCUT2D eigenvalue weighted by Crippen LogP contribution is 2.09. The predicted octanol–water partition coefficient (Wildman–Crippen LogP) is 2.65. The van der Waals surface area contributed by atoms with E-state index in [1.807, 2.05) is 24.3 Å². The summed E-state index contributed by atoms with van der Waals surface area (Å²) in [5.74, 6) is 0. The van der Waals surface area contributed by atoms with Crippen LogP contribution >= 0.6 is 11.6 Å². The Balaban J connectivity index is 2.58. The van der Waals surface area contributed by atoms with Crippen LogP contribution in [-0.4, -0.2) is 6.54 Å². The maximum absolute atomic E-state index is 9.77. The van der Waals surface area contributed by atoms with Gasteiger partial charge in [-0.3, -0.25) is 0 Å². The molecule has 0 radical (unpaired) electrons. The summed E-state index contributed by atoms with van der Waals surface area (Å²) in [6.45, 7) is 0.335. The van der Waals surface area contributed by atoms with Crippen molar-refractivity contribution in [2.75, 3.05) is 6.54 Å². The van der Waals surface area contributed by atoms with E-state index < -0.39 is 0 Å². The number of hydrogen-bond acceptors (Lipinski definition) is 2. The molecule has 0 saturated heterocycles. The first-order valence-corrected chi connectivity index (χ1v) is 3.74. The summed E-state index contributed by atoms with van der Waals surface area (Å²) in [6.07, 6.45) is 0.695. The van der Waals surface area contributed by atoms with E-state index >= 15 is 0 Å². The summed E-state index contributed by atoms with van der Waals surface area (Å²) < 4.78 is 0. The second-order valence-corrected chi connectivity index (χ2v) is 2.67. The van der Waals surface area contributed by atoms with Crippen molar-refractivity contribution in [3.05, 3.63) is 39.8 Å². The molecule has 0 aliphatic carbocycles. The monoisotopic (exact) mass is 169 g/mol. The van der Waals surface area contributed by atoms with Crippen LogP contribution in [0.3, 0.4) is 0 Å². The molecule has 0 unspecified atom stereocenters. The molecule has 0 amide bonds. The van der Waals surface area contributed by atoms with Crippen LogP contribution in [0.2, 0.25) is 5.02 Å². The molecule has 0 fully saturated rings. The van der Waals surface area contributed by atoms with E-state index in [2.05, 4.69) is 5.18 Å². The Morgan fingerprint density at radius 1 is 1.27 bits per heavy atom. The molecule has 0 aliphatic rings. The molecule has 2 nitrogen and oxygen atoms in total. The zero-order valence-electron chi connectivity index (χ0n) is 5.96. The Morgan fingerprint density at radius 3 is 2.45 bits per heavy atom. The number of rotatable bonds is 3. The molecule has 0 spiro atoms. The second-order valence-electron chi connectivity index (χ2n) is 2.23. The molecule has 0 aliphatic heterocycles. The number of hydrogen-bond donors (Lipinski definition) is 0. The molecule has 11 heavy (non-hydrogen) atoms. The third-order valence-electron chi connectivity index (χ3n) is 1.41. The Kier molecular flexibility index (Phi) is 3.05. The van der Waals surface area contributed by atoms with E-state index in [-0.39, 0.29) is 0 Å². The third-order valence-corrected chi connectivity index (χ3v) is 1.66. The quantitative estimate of drug-likeness (QED) is 0.640. The van der Waals surface area contributed by atoms with Gasteiger partial charge in [0.2, 0.25) is 0 Å². The smallest absolute Gasteiger partial charge is 0.0851 e. The van der Waals surface area contributed by atoms with Crippen LogP contribution in [0, 0.1) is 4.91 Å². The van der Waals surface area contributed by atoms with Crippen molar-refractivity contribution in [2.45, 2.75) is 6.42 Å². The molecular formula is C8H8ClNO. The molecule has 0 aromatic heterocycles. The highest BCUT2D eigenvalue weighted by atomic mass is 35.5. The largest absolute Gasteiger partial charge is 0.151 e. The van der Waals surface area contributed by atoms with Gasteiger partial charge in [0.1, 0.15) is 0 Å². The molecule has 3 heteroatoms. The Bertz CT molecular complexity index is 232. The van der Waals surface area contributed by atoms with Crippen LogP contribution in [0.25, 0.3) is 0 Å². The molecule has 1 rings (SSSR count). The molecular weight excluding hydrogens is 162 g/mol. The minimum atomic E-state index is 0.335. The minimum absolute atomic E-state index is 0.335. The summed E-state index contributed by atoms with van der Waals surface area (Å²) in [5.41, 5.74) is 1.09. The van der Waals surface area contributed by atoms with E-state index in [1.54, 1.807) is 0 Å². The van der Waals surface area contributed by atoms with Crippen LogP contribution in [0.4, 0.5) is 0 Å². The first kappa shape index (κ1) is 8.21. The summed E-state index contributed by atoms with van der Waals surface area (Å²) in [4.78, 5) is 9.77. The molecule has 1 aromatic carbocycles. The first-order valence-electron chi connectivity index (χ1n) is 3.36. The zero-order chi connectivity index (χ0) is 8.10. The van der Waals surface area contributed by atoms with Gasteiger partial charge in [0.05, 0.1) is 6.54 Å². The lowest BCUT2D eigenvalue weighted by atomic mass is 10.2. The number of halogens is 1. The van der Waals surface area contributed by atoms with E-state index in [0.29, 0.717) is 18.0 Å². The third kappa shape index (κ3) is 2.68. The Hall–Kier alpha value is -0.890. The molecule has 0 heterocycles. The van der Waals surface area contributed by atoms with Gasteiger partial charge in [-0.25, -0.2) is 0 Å². The average molecular weight is 170 g/mol. The van der Waals surface area contributed by atoms with Gasteiger partial charge in [-0.1, -0.05) is 28.9 Å². The van der Waals surface area contributed by atoms with Gasteiger partial charge in [-0.15, -0.1) is 0 Å². The van der Waals surface area contributed by atoms with Crippen LogP contribution in [0.15, 0.2) is 29.4 Å². The normalized spacial score (nSPS) is 9.55. The Morgan fingerprint density at radius 2 is 1.91 bits per heavy atom. The van der Waals surface area contributed by atoms with Crippen molar-refractivity contribution < 1.29 is 0 Å². The van der Waals surface area contributed by atoms with E-state index in [9.17, 15) is 4.91 Å². The van der Waals surface area contributed by atoms with Crippen LogP contribution in [-0.2, 0) is 6.42 Å². The fraction of sp³-hybridized carbons (Fsp3) is 0.250. The average Bonchev–Trinajstić information content (AvgIpc) is 2.04. The van der Waals surface area contributed by atoms with Crippen LogP contribution < -0.4 is 0 Å².